The van der Waals surface area contributed by atoms with Crippen LogP contribution in [-0.2, 0) is 0 Å². The fraction of sp³-hybridized carbons (Fsp3) is 0. The van der Waals surface area contributed by atoms with Crippen LogP contribution in [0.4, 0.5) is 5.69 Å². The number of anilines is 1. The minimum absolute atomic E-state index is 0.447. The number of hydrogen-bond acceptors (Lipinski definition) is 3. The first-order valence-electron chi connectivity index (χ1n) is 2.82. The van der Waals surface area contributed by atoms with Gasteiger partial charge in [0.15, 0.2) is 5.58 Å². The number of hydrogen-bond donors (Lipinski definition) is 2. The summed E-state index contributed by atoms with van der Waals surface area (Å²) in [4.78, 5) is 0. The van der Waals surface area contributed by atoms with Crippen molar-refractivity contribution in [1.29, 1.82) is 0 Å². The third-order valence-corrected chi connectivity index (χ3v) is 1.42. The van der Waals surface area contributed by atoms with E-state index in [4.69, 9.17) is 15.4 Å². The van der Waals surface area contributed by atoms with Crippen LogP contribution in [-0.4, -0.2) is 9.94 Å². The first-order chi connectivity index (χ1) is 4.79. The Labute approximate surface area is 56.4 Å². The van der Waals surface area contributed by atoms with E-state index in [0.29, 0.717) is 16.8 Å². The molecule has 52 valence electrons. The van der Waals surface area contributed by atoms with E-state index < -0.39 is 0 Å². The topological polar surface area (TPSA) is 64.3 Å². The number of aromatic nitrogens is 1. The molecule has 0 unspecified atom stereocenters. The number of furan rings is 1. The van der Waals surface area contributed by atoms with Crippen molar-refractivity contribution in [3.05, 3.63) is 18.5 Å². The van der Waals surface area contributed by atoms with E-state index in [2.05, 4.69) is 0 Å². The molecule has 0 saturated heterocycles. The van der Waals surface area contributed by atoms with Crippen LogP contribution in [0.3, 0.4) is 0 Å². The molecular formula is C6H6N2O2. The molecule has 0 aliphatic rings. The summed E-state index contributed by atoms with van der Waals surface area (Å²) in [7, 11) is 0. The van der Waals surface area contributed by atoms with Crippen molar-refractivity contribution in [3.63, 3.8) is 0 Å². The van der Waals surface area contributed by atoms with Crippen molar-refractivity contribution in [2.24, 2.45) is 0 Å². The van der Waals surface area contributed by atoms with Gasteiger partial charge >= 0.3 is 0 Å². The first-order valence-corrected chi connectivity index (χ1v) is 2.82. The molecule has 2 aromatic rings. The predicted octanol–water partition coefficient (Wildman–Crippen LogP) is 1.05. The normalized spacial score (nSPS) is 10.8. The lowest BCUT2D eigenvalue weighted by atomic mass is 10.4. The first kappa shape index (κ1) is 5.22. The van der Waals surface area contributed by atoms with Crippen molar-refractivity contribution in [3.8, 4) is 0 Å². The summed E-state index contributed by atoms with van der Waals surface area (Å²) < 4.78 is 5.90. The Kier molecular flexibility index (Phi) is 0.768. The lowest BCUT2D eigenvalue weighted by molar-refractivity contribution is 0.200. The molecule has 0 aliphatic carbocycles. The average Bonchev–Trinajstić information content (AvgIpc) is 2.40. The van der Waals surface area contributed by atoms with E-state index in [1.807, 2.05) is 0 Å². The number of nitrogen functional groups attached to an aromatic ring is 1. The predicted molar refractivity (Wildman–Crippen MR) is 35.8 cm³/mol. The van der Waals surface area contributed by atoms with E-state index >= 15 is 0 Å². The summed E-state index contributed by atoms with van der Waals surface area (Å²) in [5.74, 6) is 0. The molecule has 0 radical (unpaired) electrons. The Bertz CT molecular complexity index is 329. The molecule has 2 heterocycles. The highest BCUT2D eigenvalue weighted by Gasteiger charge is 2.06. The number of nitrogens with zero attached hydrogens (tertiary/aromatic N) is 1. The lowest BCUT2D eigenvalue weighted by Crippen LogP contribution is -1.89. The van der Waals surface area contributed by atoms with Crippen LogP contribution >= 0.6 is 0 Å². The molecule has 3 N–H and O–H groups in total. The summed E-state index contributed by atoms with van der Waals surface area (Å²) in [5.41, 5.74) is 7.02. The second kappa shape index (κ2) is 1.47. The van der Waals surface area contributed by atoms with Crippen molar-refractivity contribution in [1.82, 2.24) is 4.73 Å². The van der Waals surface area contributed by atoms with Crippen LogP contribution in [0, 0.1) is 0 Å². The highest BCUT2D eigenvalue weighted by atomic mass is 16.5. The van der Waals surface area contributed by atoms with Gasteiger partial charge in [-0.1, -0.05) is 0 Å². The van der Waals surface area contributed by atoms with Gasteiger partial charge in [0.05, 0.1) is 5.69 Å². The third kappa shape index (κ3) is 0.452. The van der Waals surface area contributed by atoms with Crippen molar-refractivity contribution < 1.29 is 9.62 Å². The number of fused-ring (bicyclic) bond motifs is 1. The maximum Gasteiger partial charge on any atom is 0.157 e. The Morgan fingerprint density at radius 2 is 2.40 bits per heavy atom. The van der Waals surface area contributed by atoms with Crippen LogP contribution in [0.5, 0.6) is 0 Å². The molecule has 10 heavy (non-hydrogen) atoms. The van der Waals surface area contributed by atoms with Gasteiger partial charge in [-0.15, -0.1) is 0 Å². The number of nitrogens with two attached hydrogens (primary N) is 1. The SMILES string of the molecule is Nc1coc2ccn(O)c12. The molecule has 0 amide bonds. The van der Waals surface area contributed by atoms with Crippen LogP contribution in [0.25, 0.3) is 11.1 Å². The Morgan fingerprint density at radius 1 is 1.60 bits per heavy atom. The van der Waals surface area contributed by atoms with Gasteiger partial charge < -0.3 is 15.4 Å². The van der Waals surface area contributed by atoms with Crippen LogP contribution in [0.15, 0.2) is 22.9 Å². The summed E-state index contributed by atoms with van der Waals surface area (Å²) in [6, 6.07) is 1.64. The van der Waals surface area contributed by atoms with Gasteiger partial charge in [-0.3, -0.25) is 0 Å². The third-order valence-electron chi connectivity index (χ3n) is 1.42. The minimum Gasteiger partial charge on any atom is -0.460 e. The van der Waals surface area contributed by atoms with Gasteiger partial charge in [-0.25, -0.2) is 0 Å². The Morgan fingerprint density at radius 3 is 3.10 bits per heavy atom. The second-order valence-corrected chi connectivity index (χ2v) is 2.06. The van der Waals surface area contributed by atoms with Gasteiger partial charge in [0.1, 0.15) is 11.8 Å². The zero-order valence-corrected chi connectivity index (χ0v) is 5.11. The largest absolute Gasteiger partial charge is 0.460 e. The van der Waals surface area contributed by atoms with Crippen molar-refractivity contribution in [2.75, 3.05) is 5.73 Å². The Hall–Kier alpha value is -1.58. The summed E-state index contributed by atoms with van der Waals surface area (Å²) in [5, 5.41) is 9.06. The van der Waals surface area contributed by atoms with Crippen molar-refractivity contribution in [2.45, 2.75) is 0 Å². The standard InChI is InChI=1S/C6H6N2O2/c7-4-3-10-5-1-2-8(9)6(4)5/h1-3,9H,7H2. The molecule has 4 heteroatoms. The van der Waals surface area contributed by atoms with E-state index in [-0.39, 0.29) is 0 Å². The Balaban J connectivity index is 2.98. The molecule has 0 aromatic carbocycles. The van der Waals surface area contributed by atoms with Gasteiger partial charge in [-0.2, -0.15) is 4.73 Å². The maximum atomic E-state index is 9.06. The minimum atomic E-state index is 0.447. The monoisotopic (exact) mass is 138 g/mol. The average molecular weight is 138 g/mol. The van der Waals surface area contributed by atoms with Crippen molar-refractivity contribution >= 4 is 16.8 Å². The second-order valence-electron chi connectivity index (χ2n) is 2.06. The lowest BCUT2D eigenvalue weighted by Gasteiger charge is -1.88. The molecule has 0 aliphatic heterocycles. The molecule has 0 bridgehead atoms. The molecule has 2 rings (SSSR count). The molecule has 0 fully saturated rings. The molecule has 4 nitrogen and oxygen atoms in total. The van der Waals surface area contributed by atoms with Gasteiger partial charge in [0, 0.05) is 12.3 Å². The van der Waals surface area contributed by atoms with Crippen LogP contribution in [0.2, 0.25) is 0 Å². The van der Waals surface area contributed by atoms with E-state index in [0.717, 1.165) is 4.73 Å². The van der Waals surface area contributed by atoms with Crippen LogP contribution in [0.1, 0.15) is 0 Å². The molecular weight excluding hydrogens is 132 g/mol. The van der Waals surface area contributed by atoms with Crippen LogP contribution < -0.4 is 5.73 Å². The maximum absolute atomic E-state index is 9.06. The van der Waals surface area contributed by atoms with Gasteiger partial charge in [0.2, 0.25) is 0 Å². The smallest absolute Gasteiger partial charge is 0.157 e. The zero-order chi connectivity index (χ0) is 7.14. The molecule has 0 atom stereocenters. The fourth-order valence-corrected chi connectivity index (χ4v) is 0.957. The quantitative estimate of drug-likeness (QED) is 0.535. The van der Waals surface area contributed by atoms with E-state index in [1.54, 1.807) is 6.07 Å². The molecule has 0 saturated carbocycles. The summed E-state index contributed by atoms with van der Waals surface area (Å²) in [6.07, 6.45) is 2.88. The van der Waals surface area contributed by atoms with Gasteiger partial charge in [0.25, 0.3) is 0 Å². The zero-order valence-electron chi connectivity index (χ0n) is 5.11. The van der Waals surface area contributed by atoms with Gasteiger partial charge in [-0.05, 0) is 0 Å². The molecule has 0 spiro atoms. The summed E-state index contributed by atoms with van der Waals surface area (Å²) in [6.45, 7) is 0. The fourth-order valence-electron chi connectivity index (χ4n) is 0.957. The van der Waals surface area contributed by atoms with E-state index in [9.17, 15) is 0 Å². The summed E-state index contributed by atoms with van der Waals surface area (Å²) >= 11 is 0. The highest BCUT2D eigenvalue weighted by molar-refractivity contribution is 5.86. The molecule has 2 aromatic heterocycles. The number of rotatable bonds is 0. The van der Waals surface area contributed by atoms with E-state index in [1.165, 1.54) is 12.5 Å². The highest BCUT2D eigenvalue weighted by Crippen LogP contribution is 2.22.